The van der Waals surface area contributed by atoms with Crippen LogP contribution in [0.5, 0.6) is 11.5 Å². The Bertz CT molecular complexity index is 1320. The van der Waals surface area contributed by atoms with E-state index in [0.717, 1.165) is 5.56 Å². The first kappa shape index (κ1) is 21.3. The van der Waals surface area contributed by atoms with Crippen molar-refractivity contribution in [2.45, 2.75) is 0 Å². The second kappa shape index (κ2) is 9.49. The van der Waals surface area contributed by atoms with E-state index in [9.17, 15) is 4.79 Å². The van der Waals surface area contributed by atoms with Gasteiger partial charge in [0.2, 0.25) is 0 Å². The minimum atomic E-state index is -0.356. The van der Waals surface area contributed by atoms with E-state index in [-0.39, 0.29) is 5.91 Å². The summed E-state index contributed by atoms with van der Waals surface area (Å²) in [5.74, 6) is 0.928. The molecule has 3 aromatic carbocycles. The Hall–Kier alpha value is -3.90. The summed E-state index contributed by atoms with van der Waals surface area (Å²) in [6.45, 7) is 0. The van der Waals surface area contributed by atoms with Crippen LogP contribution >= 0.6 is 11.6 Å². The summed E-state index contributed by atoms with van der Waals surface area (Å²) in [7, 11) is 3.18. The number of nitrogens with zero attached hydrogens (tertiary/aromatic N) is 2. The maximum atomic E-state index is 13.0. The van der Waals surface area contributed by atoms with Gasteiger partial charge in [0.25, 0.3) is 5.91 Å². The van der Waals surface area contributed by atoms with E-state index >= 15 is 0 Å². The molecule has 0 saturated carbocycles. The van der Waals surface area contributed by atoms with Crippen LogP contribution in [0.2, 0.25) is 5.02 Å². The Labute approximate surface area is 190 Å². The molecule has 32 heavy (non-hydrogen) atoms. The number of carbonyl (C=O) groups excluding carboxylic acids is 1. The van der Waals surface area contributed by atoms with Crippen LogP contribution in [-0.2, 0) is 0 Å². The summed E-state index contributed by atoms with van der Waals surface area (Å²) in [6.07, 6.45) is 1.54. The summed E-state index contributed by atoms with van der Waals surface area (Å²) in [6, 6.07) is 21.8. The lowest BCUT2D eigenvalue weighted by atomic mass is 10.0. The number of para-hydroxylation sites is 1. The highest BCUT2D eigenvalue weighted by molar-refractivity contribution is 6.30. The molecule has 0 fully saturated rings. The average molecular weight is 446 g/mol. The van der Waals surface area contributed by atoms with E-state index in [1.165, 1.54) is 0 Å². The summed E-state index contributed by atoms with van der Waals surface area (Å²) in [4.78, 5) is 17.8. The third-order valence-electron chi connectivity index (χ3n) is 4.87. The highest BCUT2D eigenvalue weighted by Gasteiger charge is 2.16. The van der Waals surface area contributed by atoms with Gasteiger partial charge in [-0.05, 0) is 48.0 Å². The van der Waals surface area contributed by atoms with Crippen molar-refractivity contribution < 1.29 is 14.3 Å². The Morgan fingerprint density at radius 2 is 1.84 bits per heavy atom. The quantitative estimate of drug-likeness (QED) is 0.321. The van der Waals surface area contributed by atoms with Crippen molar-refractivity contribution in [3.8, 4) is 22.8 Å². The van der Waals surface area contributed by atoms with Crippen LogP contribution in [-0.4, -0.2) is 31.3 Å². The van der Waals surface area contributed by atoms with Crippen molar-refractivity contribution in [1.29, 1.82) is 0 Å². The largest absolute Gasteiger partial charge is 0.497 e. The fourth-order valence-corrected chi connectivity index (χ4v) is 3.53. The van der Waals surface area contributed by atoms with Crippen molar-refractivity contribution in [3.63, 3.8) is 0 Å². The van der Waals surface area contributed by atoms with Crippen LogP contribution in [0.3, 0.4) is 0 Å². The molecule has 1 heterocycles. The van der Waals surface area contributed by atoms with Crippen molar-refractivity contribution >= 4 is 34.6 Å². The van der Waals surface area contributed by atoms with Gasteiger partial charge in [0.05, 0.1) is 37.2 Å². The number of aromatic nitrogens is 1. The number of hydrazone groups is 1. The molecule has 4 aromatic rings. The molecule has 0 spiro atoms. The molecule has 0 atom stereocenters. The second-order valence-corrected chi connectivity index (χ2v) is 7.33. The third-order valence-corrected chi connectivity index (χ3v) is 5.11. The molecule has 1 amide bonds. The van der Waals surface area contributed by atoms with Gasteiger partial charge in [0.15, 0.2) is 0 Å². The number of rotatable bonds is 6. The molecule has 1 N–H and O–H groups in total. The number of pyridine rings is 1. The standard InChI is InChI=1S/C25H20ClN3O3/c1-31-18-10-11-24(32-2)21(13-18)23-14-20(19-8-3-4-9-22(19)28-23)25(30)29-27-15-16-6-5-7-17(26)12-16/h3-15H,1-2H3,(H,29,30). The van der Waals surface area contributed by atoms with Gasteiger partial charge in [0.1, 0.15) is 11.5 Å². The number of hydrogen-bond donors (Lipinski definition) is 1. The normalized spacial score (nSPS) is 11.0. The van der Waals surface area contributed by atoms with Gasteiger partial charge < -0.3 is 9.47 Å². The Kier molecular flexibility index (Phi) is 6.33. The molecular weight excluding hydrogens is 426 g/mol. The van der Waals surface area contributed by atoms with Crippen LogP contribution in [0.4, 0.5) is 0 Å². The van der Waals surface area contributed by atoms with Gasteiger partial charge in [0, 0.05) is 16.0 Å². The number of methoxy groups -OCH3 is 2. The highest BCUT2D eigenvalue weighted by Crippen LogP contribution is 2.34. The lowest BCUT2D eigenvalue weighted by Gasteiger charge is -2.13. The number of nitrogens with one attached hydrogen (secondary N) is 1. The van der Waals surface area contributed by atoms with Gasteiger partial charge in [-0.15, -0.1) is 0 Å². The molecule has 4 rings (SSSR count). The molecule has 0 unspecified atom stereocenters. The van der Waals surface area contributed by atoms with Gasteiger partial charge in [-0.2, -0.15) is 5.10 Å². The summed E-state index contributed by atoms with van der Waals surface area (Å²) >= 11 is 5.99. The summed E-state index contributed by atoms with van der Waals surface area (Å²) < 4.78 is 10.9. The molecule has 0 saturated heterocycles. The Morgan fingerprint density at radius 1 is 1.00 bits per heavy atom. The van der Waals surface area contributed by atoms with Gasteiger partial charge in [-0.1, -0.05) is 41.9 Å². The number of halogens is 1. The van der Waals surface area contributed by atoms with Crippen LogP contribution in [0.25, 0.3) is 22.2 Å². The van der Waals surface area contributed by atoms with Gasteiger partial charge in [-0.3, -0.25) is 4.79 Å². The first-order valence-corrected chi connectivity index (χ1v) is 10.2. The minimum Gasteiger partial charge on any atom is -0.497 e. The molecule has 0 aliphatic rings. The Morgan fingerprint density at radius 3 is 2.62 bits per heavy atom. The van der Waals surface area contributed by atoms with Crippen molar-refractivity contribution in [2.24, 2.45) is 5.10 Å². The average Bonchev–Trinajstić information content (AvgIpc) is 2.82. The Balaban J connectivity index is 1.74. The predicted octanol–water partition coefficient (Wildman–Crippen LogP) is 5.34. The van der Waals surface area contributed by atoms with E-state index in [0.29, 0.717) is 44.2 Å². The van der Waals surface area contributed by atoms with E-state index in [2.05, 4.69) is 10.5 Å². The zero-order valence-electron chi connectivity index (χ0n) is 17.5. The maximum Gasteiger partial charge on any atom is 0.272 e. The smallest absolute Gasteiger partial charge is 0.272 e. The molecule has 1 aromatic heterocycles. The summed E-state index contributed by atoms with van der Waals surface area (Å²) in [5, 5.41) is 5.39. The number of fused-ring (bicyclic) bond motifs is 1. The number of carbonyl (C=O) groups is 1. The molecule has 6 nitrogen and oxygen atoms in total. The first-order chi connectivity index (χ1) is 15.6. The molecule has 0 aliphatic carbocycles. The number of benzene rings is 3. The fourth-order valence-electron chi connectivity index (χ4n) is 3.33. The number of amides is 1. The number of ether oxygens (including phenoxy) is 2. The van der Waals surface area contributed by atoms with Crippen LogP contribution in [0.15, 0.2) is 77.9 Å². The molecule has 0 aliphatic heterocycles. The van der Waals surface area contributed by atoms with Crippen molar-refractivity contribution in [3.05, 3.63) is 88.9 Å². The first-order valence-electron chi connectivity index (χ1n) is 9.80. The molecule has 0 radical (unpaired) electrons. The lowest BCUT2D eigenvalue weighted by Crippen LogP contribution is -2.18. The predicted molar refractivity (Wildman–Crippen MR) is 127 cm³/mol. The van der Waals surface area contributed by atoms with Crippen LogP contribution in [0.1, 0.15) is 15.9 Å². The van der Waals surface area contributed by atoms with E-state index in [1.807, 2.05) is 48.5 Å². The van der Waals surface area contributed by atoms with Crippen molar-refractivity contribution in [2.75, 3.05) is 14.2 Å². The zero-order chi connectivity index (χ0) is 22.5. The van der Waals surface area contributed by atoms with Crippen molar-refractivity contribution in [1.82, 2.24) is 10.4 Å². The highest BCUT2D eigenvalue weighted by atomic mass is 35.5. The molecule has 7 heteroatoms. The monoisotopic (exact) mass is 445 g/mol. The van der Waals surface area contributed by atoms with Gasteiger partial charge >= 0.3 is 0 Å². The zero-order valence-corrected chi connectivity index (χ0v) is 18.3. The van der Waals surface area contributed by atoms with Crippen LogP contribution in [0, 0.1) is 0 Å². The minimum absolute atomic E-state index is 0.356. The summed E-state index contributed by atoms with van der Waals surface area (Å²) in [5.41, 5.74) is 5.80. The topological polar surface area (TPSA) is 72.8 Å². The molecule has 0 bridgehead atoms. The lowest BCUT2D eigenvalue weighted by molar-refractivity contribution is 0.0956. The SMILES string of the molecule is COc1ccc(OC)c(-c2cc(C(=O)NN=Cc3cccc(Cl)c3)c3ccccc3n2)c1. The van der Waals surface area contributed by atoms with E-state index in [4.69, 9.17) is 26.1 Å². The van der Waals surface area contributed by atoms with Gasteiger partial charge in [-0.25, -0.2) is 10.4 Å². The molecule has 160 valence electrons. The second-order valence-electron chi connectivity index (χ2n) is 6.89. The fraction of sp³-hybridized carbons (Fsp3) is 0.0800. The van der Waals surface area contributed by atoms with E-state index in [1.54, 1.807) is 44.7 Å². The number of hydrogen-bond acceptors (Lipinski definition) is 5. The maximum absolute atomic E-state index is 13.0. The molecular formula is C25H20ClN3O3. The van der Waals surface area contributed by atoms with E-state index < -0.39 is 0 Å². The van der Waals surface area contributed by atoms with Crippen LogP contribution < -0.4 is 14.9 Å². The third kappa shape index (κ3) is 4.55.